The number of anilines is 1. The molecular formula is C18H19N3. The van der Waals surface area contributed by atoms with Crippen molar-refractivity contribution in [2.75, 3.05) is 18.0 Å². The molecule has 1 aliphatic rings. The highest BCUT2D eigenvalue weighted by Gasteiger charge is 2.23. The van der Waals surface area contributed by atoms with Crippen molar-refractivity contribution in [1.82, 2.24) is 9.97 Å². The molecule has 1 aromatic carbocycles. The number of nitrogens with one attached hydrogen (secondary N) is 1. The summed E-state index contributed by atoms with van der Waals surface area (Å²) in [4.78, 5) is 10.5. The zero-order valence-electron chi connectivity index (χ0n) is 12.0. The quantitative estimate of drug-likeness (QED) is 0.769. The molecule has 1 fully saturated rings. The molecule has 3 heteroatoms. The summed E-state index contributed by atoms with van der Waals surface area (Å²) in [5.41, 5.74) is 2.60. The van der Waals surface area contributed by atoms with Crippen molar-refractivity contribution < 1.29 is 0 Å². The van der Waals surface area contributed by atoms with E-state index < -0.39 is 0 Å². The zero-order valence-corrected chi connectivity index (χ0v) is 12.0. The van der Waals surface area contributed by atoms with Crippen LogP contribution in [-0.4, -0.2) is 23.1 Å². The van der Waals surface area contributed by atoms with Crippen LogP contribution in [0.15, 0.2) is 54.7 Å². The van der Waals surface area contributed by atoms with Crippen LogP contribution < -0.4 is 4.90 Å². The minimum atomic E-state index is 0.563. The van der Waals surface area contributed by atoms with Crippen molar-refractivity contribution in [2.45, 2.75) is 18.8 Å². The van der Waals surface area contributed by atoms with E-state index in [-0.39, 0.29) is 0 Å². The first-order chi connectivity index (χ1) is 10.4. The first-order valence-corrected chi connectivity index (χ1v) is 7.64. The first-order valence-electron chi connectivity index (χ1n) is 7.64. The lowest BCUT2D eigenvalue weighted by atomic mass is 9.95. The van der Waals surface area contributed by atoms with Crippen LogP contribution in [0.5, 0.6) is 0 Å². The van der Waals surface area contributed by atoms with Gasteiger partial charge in [0.2, 0.25) is 0 Å². The fourth-order valence-corrected chi connectivity index (χ4v) is 3.30. The second-order valence-electron chi connectivity index (χ2n) is 5.79. The van der Waals surface area contributed by atoms with Gasteiger partial charge in [-0.1, -0.05) is 24.3 Å². The molecule has 1 saturated heterocycles. The van der Waals surface area contributed by atoms with Crippen LogP contribution in [0.2, 0.25) is 0 Å². The van der Waals surface area contributed by atoms with Crippen LogP contribution in [-0.2, 0) is 0 Å². The Morgan fingerprint density at radius 1 is 1.10 bits per heavy atom. The maximum Gasteiger partial charge on any atom is 0.128 e. The van der Waals surface area contributed by atoms with Crippen molar-refractivity contribution >= 4 is 16.7 Å². The largest absolute Gasteiger partial charge is 0.358 e. The van der Waals surface area contributed by atoms with E-state index in [2.05, 4.69) is 57.3 Å². The summed E-state index contributed by atoms with van der Waals surface area (Å²) in [6.45, 7) is 2.15. The van der Waals surface area contributed by atoms with Gasteiger partial charge in [-0.15, -0.1) is 0 Å². The molecule has 1 N–H and O–H groups in total. The predicted molar refractivity (Wildman–Crippen MR) is 86.7 cm³/mol. The van der Waals surface area contributed by atoms with Gasteiger partial charge in [0.1, 0.15) is 5.82 Å². The number of aromatic amines is 1. The molecular weight excluding hydrogens is 258 g/mol. The van der Waals surface area contributed by atoms with Gasteiger partial charge in [0.15, 0.2) is 0 Å². The molecule has 0 aliphatic carbocycles. The Morgan fingerprint density at radius 3 is 2.86 bits per heavy atom. The summed E-state index contributed by atoms with van der Waals surface area (Å²) in [6.07, 6.45) is 4.34. The number of H-pyrrole nitrogens is 1. The number of benzene rings is 1. The molecule has 21 heavy (non-hydrogen) atoms. The van der Waals surface area contributed by atoms with Gasteiger partial charge < -0.3 is 9.88 Å². The van der Waals surface area contributed by atoms with Gasteiger partial charge in [-0.25, -0.2) is 4.98 Å². The molecule has 0 unspecified atom stereocenters. The number of rotatable bonds is 2. The van der Waals surface area contributed by atoms with Gasteiger partial charge in [0.05, 0.1) is 0 Å². The van der Waals surface area contributed by atoms with Gasteiger partial charge in [0.25, 0.3) is 0 Å². The number of fused-ring (bicyclic) bond motifs is 1. The Bertz CT molecular complexity index is 699. The summed E-state index contributed by atoms with van der Waals surface area (Å²) in [6, 6.07) is 17.0. The average Bonchev–Trinajstić information content (AvgIpc) is 3.00. The van der Waals surface area contributed by atoms with E-state index in [9.17, 15) is 0 Å². The van der Waals surface area contributed by atoms with Gasteiger partial charge in [0, 0.05) is 36.4 Å². The molecule has 0 amide bonds. The lowest BCUT2D eigenvalue weighted by Gasteiger charge is -2.33. The molecule has 1 aliphatic heterocycles. The average molecular weight is 277 g/mol. The Hall–Kier alpha value is -2.29. The third kappa shape index (κ3) is 2.40. The summed E-state index contributed by atoms with van der Waals surface area (Å²) in [5.74, 6) is 1.66. The Balaban J connectivity index is 1.60. The van der Waals surface area contributed by atoms with Gasteiger partial charge in [-0.2, -0.15) is 0 Å². The molecule has 3 nitrogen and oxygen atoms in total. The van der Waals surface area contributed by atoms with Crippen molar-refractivity contribution in [3.63, 3.8) is 0 Å². The highest BCUT2D eigenvalue weighted by atomic mass is 15.2. The second kappa shape index (κ2) is 5.24. The van der Waals surface area contributed by atoms with Gasteiger partial charge in [-0.05, 0) is 42.5 Å². The maximum atomic E-state index is 4.49. The van der Waals surface area contributed by atoms with Crippen LogP contribution in [0, 0.1) is 0 Å². The minimum absolute atomic E-state index is 0.563. The molecule has 0 bridgehead atoms. The highest BCUT2D eigenvalue weighted by Crippen LogP contribution is 2.30. The fraction of sp³-hybridized carbons (Fsp3) is 0.278. The molecule has 0 radical (unpaired) electrons. The van der Waals surface area contributed by atoms with Crippen LogP contribution in [0.4, 0.5) is 5.82 Å². The van der Waals surface area contributed by atoms with Crippen molar-refractivity contribution in [2.24, 2.45) is 0 Å². The van der Waals surface area contributed by atoms with E-state index >= 15 is 0 Å². The van der Waals surface area contributed by atoms with Crippen molar-refractivity contribution in [3.8, 4) is 0 Å². The third-order valence-electron chi connectivity index (χ3n) is 4.39. The maximum absolute atomic E-state index is 4.49. The Labute approximate surface area is 124 Å². The molecule has 0 spiro atoms. The molecule has 1 atom stereocenters. The zero-order chi connectivity index (χ0) is 14.1. The number of hydrogen-bond donors (Lipinski definition) is 1. The monoisotopic (exact) mass is 277 g/mol. The molecule has 2 aromatic heterocycles. The number of aromatic nitrogens is 2. The van der Waals surface area contributed by atoms with E-state index in [1.165, 1.54) is 29.4 Å². The Morgan fingerprint density at radius 2 is 2.00 bits per heavy atom. The van der Waals surface area contributed by atoms with Gasteiger partial charge in [-0.3, -0.25) is 0 Å². The van der Waals surface area contributed by atoms with E-state index in [0.29, 0.717) is 5.92 Å². The van der Waals surface area contributed by atoms with Gasteiger partial charge >= 0.3 is 0 Å². The number of pyridine rings is 1. The molecule has 3 heterocycles. The SMILES string of the molecule is c1ccc(N2CCC[C@H](c3cc4ccccc4[nH]3)C2)nc1. The standard InChI is InChI=1S/C18H19N3/c1-2-8-16-14(6-1)12-17(20-16)15-7-5-11-21(13-15)18-9-3-4-10-19-18/h1-4,6,8-10,12,15,20H,5,7,11,13H2/t15-/m0/s1. The van der Waals surface area contributed by atoms with Crippen LogP contribution in [0.1, 0.15) is 24.5 Å². The van der Waals surface area contributed by atoms with Crippen molar-refractivity contribution in [3.05, 3.63) is 60.4 Å². The topological polar surface area (TPSA) is 31.9 Å². The minimum Gasteiger partial charge on any atom is -0.358 e. The molecule has 0 saturated carbocycles. The lowest BCUT2D eigenvalue weighted by molar-refractivity contribution is 0.501. The first kappa shape index (κ1) is 12.5. The summed E-state index contributed by atoms with van der Waals surface area (Å²) < 4.78 is 0. The number of piperidine rings is 1. The summed E-state index contributed by atoms with van der Waals surface area (Å²) in [5, 5.41) is 1.31. The smallest absolute Gasteiger partial charge is 0.128 e. The highest BCUT2D eigenvalue weighted by molar-refractivity contribution is 5.80. The van der Waals surface area contributed by atoms with E-state index in [4.69, 9.17) is 0 Å². The van der Waals surface area contributed by atoms with Crippen LogP contribution in [0.3, 0.4) is 0 Å². The summed E-state index contributed by atoms with van der Waals surface area (Å²) >= 11 is 0. The van der Waals surface area contributed by atoms with E-state index in [1.807, 2.05) is 12.3 Å². The number of nitrogens with zero attached hydrogens (tertiary/aromatic N) is 2. The fourth-order valence-electron chi connectivity index (χ4n) is 3.30. The normalized spacial score (nSPS) is 19.0. The van der Waals surface area contributed by atoms with Crippen LogP contribution in [0.25, 0.3) is 10.9 Å². The number of para-hydroxylation sites is 1. The number of hydrogen-bond acceptors (Lipinski definition) is 2. The van der Waals surface area contributed by atoms with E-state index in [1.54, 1.807) is 0 Å². The molecule has 4 rings (SSSR count). The predicted octanol–water partition coefficient (Wildman–Crippen LogP) is 3.95. The summed E-state index contributed by atoms with van der Waals surface area (Å²) in [7, 11) is 0. The van der Waals surface area contributed by atoms with Crippen molar-refractivity contribution in [1.29, 1.82) is 0 Å². The lowest BCUT2D eigenvalue weighted by Crippen LogP contribution is -2.34. The molecule has 106 valence electrons. The third-order valence-corrected chi connectivity index (χ3v) is 4.39. The second-order valence-corrected chi connectivity index (χ2v) is 5.79. The van der Waals surface area contributed by atoms with Crippen LogP contribution >= 0.6 is 0 Å². The molecule has 3 aromatic rings. The van der Waals surface area contributed by atoms with E-state index in [0.717, 1.165) is 18.9 Å². The Kier molecular flexibility index (Phi) is 3.11.